The Kier molecular flexibility index (Phi) is 3.48. The Morgan fingerprint density at radius 1 is 1.00 bits per heavy atom. The highest BCUT2D eigenvalue weighted by molar-refractivity contribution is 5.84. The van der Waals surface area contributed by atoms with Gasteiger partial charge in [-0.25, -0.2) is 0 Å². The maximum Gasteiger partial charge on any atom is 0.0541 e. The summed E-state index contributed by atoms with van der Waals surface area (Å²) in [5, 5.41) is 14.9. The van der Waals surface area contributed by atoms with Gasteiger partial charge in [0.2, 0.25) is 0 Å². The zero-order valence-electron chi connectivity index (χ0n) is 12.4. The van der Waals surface area contributed by atoms with Gasteiger partial charge in [0.1, 0.15) is 0 Å². The number of fused-ring (bicyclic) bond motifs is 3. The van der Waals surface area contributed by atoms with Crippen molar-refractivity contribution in [1.82, 2.24) is 10.3 Å². The van der Waals surface area contributed by atoms with Gasteiger partial charge < -0.3 is 15.4 Å². The lowest BCUT2D eigenvalue weighted by molar-refractivity contribution is 0.113. The fraction of sp³-hybridized carbons (Fsp3) is 0.556. The number of aliphatic hydroxyl groups is 1. The Labute approximate surface area is 125 Å². The topological polar surface area (TPSA) is 48.0 Å². The number of aryl methyl sites for hydroxylation is 1. The molecular weight excluding hydrogens is 260 g/mol. The zero-order valence-corrected chi connectivity index (χ0v) is 12.4. The van der Waals surface area contributed by atoms with Crippen LogP contribution in [0.2, 0.25) is 0 Å². The van der Waals surface area contributed by atoms with E-state index in [-0.39, 0.29) is 6.10 Å². The van der Waals surface area contributed by atoms with E-state index >= 15 is 0 Å². The molecule has 1 heterocycles. The van der Waals surface area contributed by atoms with E-state index in [2.05, 4.69) is 34.6 Å². The number of hydrogen-bond acceptors (Lipinski definition) is 2. The third-order valence-corrected chi connectivity index (χ3v) is 5.26. The first-order chi connectivity index (χ1) is 10.3. The van der Waals surface area contributed by atoms with Crippen molar-refractivity contribution in [2.45, 2.75) is 63.1 Å². The van der Waals surface area contributed by atoms with Crippen LogP contribution in [-0.4, -0.2) is 28.3 Å². The standard InChI is InChI=1S/C18H24N2O/c21-14-8-5-12(6-9-14)19-13-7-10-18-16(11-13)15-3-1-2-4-17(15)20-18/h1-4,12-14,19-21H,5-11H2. The molecule has 0 radical (unpaired) electrons. The van der Waals surface area contributed by atoms with E-state index in [0.29, 0.717) is 12.1 Å². The van der Waals surface area contributed by atoms with Gasteiger partial charge in [0.25, 0.3) is 0 Å². The van der Waals surface area contributed by atoms with Gasteiger partial charge in [0, 0.05) is 28.7 Å². The van der Waals surface area contributed by atoms with Crippen LogP contribution in [0.5, 0.6) is 0 Å². The van der Waals surface area contributed by atoms with Gasteiger partial charge in [0.05, 0.1) is 6.10 Å². The molecule has 0 amide bonds. The van der Waals surface area contributed by atoms with Crippen LogP contribution in [0.15, 0.2) is 24.3 Å². The van der Waals surface area contributed by atoms with Gasteiger partial charge in [-0.2, -0.15) is 0 Å². The fourth-order valence-electron chi connectivity index (χ4n) is 4.09. The largest absolute Gasteiger partial charge is 0.393 e. The number of nitrogens with one attached hydrogen (secondary N) is 2. The highest BCUT2D eigenvalue weighted by Crippen LogP contribution is 2.30. The molecule has 1 unspecified atom stereocenters. The fourth-order valence-corrected chi connectivity index (χ4v) is 4.09. The maximum absolute atomic E-state index is 9.62. The zero-order chi connectivity index (χ0) is 14.2. The van der Waals surface area contributed by atoms with Crippen molar-refractivity contribution in [2.75, 3.05) is 0 Å². The van der Waals surface area contributed by atoms with E-state index < -0.39 is 0 Å². The second-order valence-electron chi connectivity index (χ2n) is 6.74. The molecule has 0 aliphatic heterocycles. The molecule has 1 aromatic heterocycles. The average Bonchev–Trinajstić information content (AvgIpc) is 2.88. The van der Waals surface area contributed by atoms with Gasteiger partial charge in [-0.3, -0.25) is 0 Å². The molecule has 1 aromatic carbocycles. The Balaban J connectivity index is 1.48. The maximum atomic E-state index is 9.62. The number of aliphatic hydroxyl groups excluding tert-OH is 1. The average molecular weight is 284 g/mol. The van der Waals surface area contributed by atoms with E-state index in [4.69, 9.17) is 0 Å². The summed E-state index contributed by atoms with van der Waals surface area (Å²) in [7, 11) is 0. The lowest BCUT2D eigenvalue weighted by atomic mass is 9.88. The lowest BCUT2D eigenvalue weighted by Gasteiger charge is -2.32. The van der Waals surface area contributed by atoms with Crippen LogP contribution in [0, 0.1) is 0 Å². The van der Waals surface area contributed by atoms with Crippen molar-refractivity contribution in [3.8, 4) is 0 Å². The van der Waals surface area contributed by atoms with Gasteiger partial charge >= 0.3 is 0 Å². The summed E-state index contributed by atoms with van der Waals surface area (Å²) in [6.07, 6.45) is 7.62. The Bertz CT molecular complexity index is 625. The summed E-state index contributed by atoms with van der Waals surface area (Å²) in [5.74, 6) is 0. The first kappa shape index (κ1) is 13.4. The molecule has 21 heavy (non-hydrogen) atoms. The minimum absolute atomic E-state index is 0.0605. The van der Waals surface area contributed by atoms with Gasteiger partial charge in [0.15, 0.2) is 0 Å². The summed E-state index contributed by atoms with van der Waals surface area (Å²) < 4.78 is 0. The molecule has 1 saturated carbocycles. The summed E-state index contributed by atoms with van der Waals surface area (Å²) in [6, 6.07) is 9.86. The van der Waals surface area contributed by atoms with E-state index in [1.165, 1.54) is 28.6 Å². The first-order valence-electron chi connectivity index (χ1n) is 8.32. The van der Waals surface area contributed by atoms with Crippen LogP contribution in [0.4, 0.5) is 0 Å². The predicted molar refractivity (Wildman–Crippen MR) is 85.5 cm³/mol. The Hall–Kier alpha value is -1.32. The molecule has 0 saturated heterocycles. The van der Waals surface area contributed by atoms with Crippen molar-refractivity contribution < 1.29 is 5.11 Å². The Morgan fingerprint density at radius 3 is 2.67 bits per heavy atom. The molecule has 4 rings (SSSR count). The molecule has 3 heteroatoms. The second kappa shape index (κ2) is 5.47. The van der Waals surface area contributed by atoms with Crippen molar-refractivity contribution in [1.29, 1.82) is 0 Å². The SMILES string of the molecule is OC1CCC(NC2CCc3[nH]c4ccccc4c3C2)CC1. The van der Waals surface area contributed by atoms with E-state index in [1.807, 2.05) is 0 Å². The van der Waals surface area contributed by atoms with Crippen molar-refractivity contribution in [3.05, 3.63) is 35.5 Å². The summed E-state index contributed by atoms with van der Waals surface area (Å²) in [5.41, 5.74) is 4.24. The number of rotatable bonds is 2. The van der Waals surface area contributed by atoms with Crippen molar-refractivity contribution in [2.24, 2.45) is 0 Å². The summed E-state index contributed by atoms with van der Waals surface area (Å²) >= 11 is 0. The first-order valence-corrected chi connectivity index (χ1v) is 8.32. The van der Waals surface area contributed by atoms with Gasteiger partial charge in [-0.15, -0.1) is 0 Å². The molecular formula is C18H24N2O. The van der Waals surface area contributed by atoms with E-state index in [9.17, 15) is 5.11 Å². The van der Waals surface area contributed by atoms with Crippen LogP contribution in [0.1, 0.15) is 43.4 Å². The summed E-state index contributed by atoms with van der Waals surface area (Å²) in [4.78, 5) is 3.59. The van der Waals surface area contributed by atoms with Crippen LogP contribution in [0.25, 0.3) is 10.9 Å². The second-order valence-corrected chi connectivity index (χ2v) is 6.74. The minimum atomic E-state index is -0.0605. The number of benzene rings is 1. The van der Waals surface area contributed by atoms with Crippen LogP contribution < -0.4 is 5.32 Å². The van der Waals surface area contributed by atoms with Crippen molar-refractivity contribution in [3.63, 3.8) is 0 Å². The Morgan fingerprint density at radius 2 is 1.81 bits per heavy atom. The predicted octanol–water partition coefficient (Wildman–Crippen LogP) is 2.92. The van der Waals surface area contributed by atoms with Crippen LogP contribution >= 0.6 is 0 Å². The molecule has 0 spiro atoms. The molecule has 0 bridgehead atoms. The van der Waals surface area contributed by atoms with E-state index in [0.717, 1.165) is 38.5 Å². The number of H-pyrrole nitrogens is 1. The number of hydrogen-bond donors (Lipinski definition) is 3. The highest BCUT2D eigenvalue weighted by Gasteiger charge is 2.26. The molecule has 2 aromatic rings. The number of para-hydroxylation sites is 1. The third kappa shape index (κ3) is 2.60. The van der Waals surface area contributed by atoms with E-state index in [1.54, 1.807) is 0 Å². The molecule has 3 nitrogen and oxygen atoms in total. The molecule has 2 aliphatic carbocycles. The van der Waals surface area contributed by atoms with Crippen molar-refractivity contribution >= 4 is 10.9 Å². The van der Waals surface area contributed by atoms with Crippen LogP contribution in [0.3, 0.4) is 0 Å². The van der Waals surface area contributed by atoms with Gasteiger partial charge in [-0.05, 0) is 56.6 Å². The number of aromatic amines is 1. The quantitative estimate of drug-likeness (QED) is 0.794. The summed E-state index contributed by atoms with van der Waals surface area (Å²) in [6.45, 7) is 0. The third-order valence-electron chi connectivity index (χ3n) is 5.26. The molecule has 112 valence electrons. The van der Waals surface area contributed by atoms with Gasteiger partial charge in [-0.1, -0.05) is 18.2 Å². The highest BCUT2D eigenvalue weighted by atomic mass is 16.3. The minimum Gasteiger partial charge on any atom is -0.393 e. The molecule has 2 aliphatic rings. The monoisotopic (exact) mass is 284 g/mol. The lowest BCUT2D eigenvalue weighted by Crippen LogP contribution is -2.43. The van der Waals surface area contributed by atoms with Crippen LogP contribution in [-0.2, 0) is 12.8 Å². The molecule has 1 atom stereocenters. The molecule has 1 fully saturated rings. The smallest absolute Gasteiger partial charge is 0.0541 e. The number of aromatic nitrogens is 1. The normalized spacial score (nSPS) is 29.5. The molecule has 3 N–H and O–H groups in total.